The van der Waals surface area contributed by atoms with Crippen LogP contribution in [0, 0.1) is 6.92 Å². The van der Waals surface area contributed by atoms with Gasteiger partial charge in [-0.05, 0) is 51.1 Å². The fourth-order valence-electron chi connectivity index (χ4n) is 3.79. The van der Waals surface area contributed by atoms with Gasteiger partial charge < -0.3 is 5.32 Å². The van der Waals surface area contributed by atoms with E-state index in [2.05, 4.69) is 35.1 Å². The molecule has 0 aliphatic carbocycles. The summed E-state index contributed by atoms with van der Waals surface area (Å²) in [6, 6.07) is 8.44. The van der Waals surface area contributed by atoms with Gasteiger partial charge in [0.05, 0.1) is 10.4 Å². The Balaban J connectivity index is 1.62. The SMILES string of the molecule is CCN1CCCC1CNC(=O)c1cc2c(Cl)nc3ccc(C)cc3c2s1. The van der Waals surface area contributed by atoms with Crippen LogP contribution in [0.2, 0.25) is 5.15 Å². The average molecular weight is 388 g/mol. The van der Waals surface area contributed by atoms with E-state index in [-0.39, 0.29) is 5.91 Å². The van der Waals surface area contributed by atoms with E-state index in [0.717, 1.165) is 40.5 Å². The van der Waals surface area contributed by atoms with E-state index < -0.39 is 0 Å². The number of thiophene rings is 1. The second-order valence-electron chi connectivity index (χ2n) is 6.91. The van der Waals surface area contributed by atoms with Crippen LogP contribution in [0.1, 0.15) is 35.0 Å². The van der Waals surface area contributed by atoms with Gasteiger partial charge in [0, 0.05) is 28.1 Å². The molecule has 1 amide bonds. The molecule has 1 fully saturated rings. The van der Waals surface area contributed by atoms with Crippen molar-refractivity contribution in [2.24, 2.45) is 0 Å². The molecule has 1 atom stereocenters. The molecule has 1 aromatic carbocycles. The summed E-state index contributed by atoms with van der Waals surface area (Å²) in [4.78, 5) is 20.3. The molecule has 2 aromatic heterocycles. The Morgan fingerprint density at radius 2 is 2.23 bits per heavy atom. The van der Waals surface area contributed by atoms with Crippen molar-refractivity contribution in [1.29, 1.82) is 0 Å². The van der Waals surface area contributed by atoms with Crippen LogP contribution in [-0.4, -0.2) is 41.5 Å². The van der Waals surface area contributed by atoms with Crippen molar-refractivity contribution in [3.8, 4) is 0 Å². The summed E-state index contributed by atoms with van der Waals surface area (Å²) in [6.45, 7) is 7.10. The van der Waals surface area contributed by atoms with Gasteiger partial charge in [-0.1, -0.05) is 30.2 Å². The van der Waals surface area contributed by atoms with Crippen molar-refractivity contribution in [2.45, 2.75) is 32.7 Å². The third kappa shape index (κ3) is 3.20. The third-order valence-electron chi connectivity index (χ3n) is 5.20. The molecule has 4 nitrogen and oxygen atoms in total. The van der Waals surface area contributed by atoms with Crippen molar-refractivity contribution < 1.29 is 4.79 Å². The zero-order valence-electron chi connectivity index (χ0n) is 15.0. The van der Waals surface area contributed by atoms with E-state index in [0.29, 0.717) is 22.6 Å². The first-order chi connectivity index (χ1) is 12.6. The number of carbonyl (C=O) groups is 1. The summed E-state index contributed by atoms with van der Waals surface area (Å²) in [5.41, 5.74) is 2.04. The maximum absolute atomic E-state index is 12.7. The summed E-state index contributed by atoms with van der Waals surface area (Å²) in [6.07, 6.45) is 2.37. The third-order valence-corrected chi connectivity index (χ3v) is 6.65. The number of likely N-dealkylation sites (N-methyl/N-ethyl adjacent to an activating group) is 1. The van der Waals surface area contributed by atoms with Gasteiger partial charge in [0.15, 0.2) is 0 Å². The van der Waals surface area contributed by atoms with Crippen LogP contribution in [-0.2, 0) is 0 Å². The molecule has 1 saturated heterocycles. The lowest BCUT2D eigenvalue weighted by molar-refractivity contribution is 0.0945. The fourth-order valence-corrected chi connectivity index (χ4v) is 5.19. The number of pyridine rings is 1. The number of aromatic nitrogens is 1. The Morgan fingerprint density at radius 1 is 1.38 bits per heavy atom. The Morgan fingerprint density at radius 3 is 3.04 bits per heavy atom. The number of benzene rings is 1. The molecule has 0 spiro atoms. The van der Waals surface area contributed by atoms with E-state index in [1.165, 1.54) is 23.3 Å². The number of fused-ring (bicyclic) bond motifs is 3. The number of aryl methyl sites for hydroxylation is 1. The monoisotopic (exact) mass is 387 g/mol. The lowest BCUT2D eigenvalue weighted by Crippen LogP contribution is -2.39. The predicted octanol–water partition coefficient (Wildman–Crippen LogP) is 4.63. The molecular weight excluding hydrogens is 366 g/mol. The summed E-state index contributed by atoms with van der Waals surface area (Å²) in [5, 5.41) is 5.48. The van der Waals surface area contributed by atoms with Crippen molar-refractivity contribution in [1.82, 2.24) is 15.2 Å². The van der Waals surface area contributed by atoms with Crippen LogP contribution in [0.5, 0.6) is 0 Å². The first kappa shape index (κ1) is 17.7. The van der Waals surface area contributed by atoms with Crippen LogP contribution in [0.25, 0.3) is 21.0 Å². The highest BCUT2D eigenvalue weighted by atomic mass is 35.5. The van der Waals surface area contributed by atoms with Crippen molar-refractivity contribution in [3.05, 3.63) is 39.9 Å². The van der Waals surface area contributed by atoms with Gasteiger partial charge in [-0.3, -0.25) is 9.69 Å². The number of hydrogen-bond donors (Lipinski definition) is 1. The molecule has 136 valence electrons. The number of carbonyl (C=O) groups excluding carboxylic acids is 1. The van der Waals surface area contributed by atoms with Gasteiger partial charge in [0.25, 0.3) is 5.91 Å². The van der Waals surface area contributed by atoms with Gasteiger partial charge in [-0.15, -0.1) is 11.3 Å². The first-order valence-electron chi connectivity index (χ1n) is 9.08. The van der Waals surface area contributed by atoms with Gasteiger partial charge in [0.2, 0.25) is 0 Å². The van der Waals surface area contributed by atoms with Crippen molar-refractivity contribution in [2.75, 3.05) is 19.6 Å². The summed E-state index contributed by atoms with van der Waals surface area (Å²) < 4.78 is 1.03. The lowest BCUT2D eigenvalue weighted by atomic mass is 10.1. The molecule has 3 aromatic rings. The molecule has 0 bridgehead atoms. The quantitative estimate of drug-likeness (QED) is 0.664. The smallest absolute Gasteiger partial charge is 0.261 e. The summed E-state index contributed by atoms with van der Waals surface area (Å²) >= 11 is 7.87. The molecule has 6 heteroatoms. The Hall–Kier alpha value is -1.69. The Kier molecular flexibility index (Phi) is 4.86. The van der Waals surface area contributed by atoms with E-state index in [1.54, 1.807) is 0 Å². The van der Waals surface area contributed by atoms with Crippen LogP contribution in [0.15, 0.2) is 24.3 Å². The highest BCUT2D eigenvalue weighted by Crippen LogP contribution is 2.36. The highest BCUT2D eigenvalue weighted by Gasteiger charge is 2.24. The zero-order valence-corrected chi connectivity index (χ0v) is 16.6. The second kappa shape index (κ2) is 7.14. The first-order valence-corrected chi connectivity index (χ1v) is 10.3. The van der Waals surface area contributed by atoms with E-state index in [9.17, 15) is 4.79 Å². The second-order valence-corrected chi connectivity index (χ2v) is 8.32. The molecular formula is C20H22ClN3OS. The molecule has 1 aliphatic rings. The fraction of sp³-hybridized carbons (Fsp3) is 0.400. The maximum Gasteiger partial charge on any atom is 0.261 e. The van der Waals surface area contributed by atoms with Crippen LogP contribution in [0.4, 0.5) is 0 Å². The number of hydrogen-bond acceptors (Lipinski definition) is 4. The number of nitrogens with zero attached hydrogens (tertiary/aromatic N) is 2. The molecule has 3 heterocycles. The largest absolute Gasteiger partial charge is 0.350 e. The zero-order chi connectivity index (χ0) is 18.3. The highest BCUT2D eigenvalue weighted by molar-refractivity contribution is 7.21. The van der Waals surface area contributed by atoms with E-state index >= 15 is 0 Å². The molecule has 1 N–H and O–H groups in total. The van der Waals surface area contributed by atoms with Crippen molar-refractivity contribution in [3.63, 3.8) is 0 Å². The van der Waals surface area contributed by atoms with Gasteiger partial charge >= 0.3 is 0 Å². The Bertz CT molecular complexity index is 984. The number of likely N-dealkylation sites (tertiary alicyclic amines) is 1. The van der Waals surface area contributed by atoms with Gasteiger partial charge in [-0.2, -0.15) is 0 Å². The molecule has 26 heavy (non-hydrogen) atoms. The molecule has 1 unspecified atom stereocenters. The van der Waals surface area contributed by atoms with Crippen molar-refractivity contribution >= 4 is 49.8 Å². The van der Waals surface area contributed by atoms with Gasteiger partial charge in [-0.25, -0.2) is 4.98 Å². The number of halogens is 1. The minimum Gasteiger partial charge on any atom is -0.350 e. The number of amides is 1. The molecule has 4 rings (SSSR count). The average Bonchev–Trinajstić information content (AvgIpc) is 3.27. The maximum atomic E-state index is 12.7. The topological polar surface area (TPSA) is 45.2 Å². The minimum absolute atomic E-state index is 0.0222. The lowest BCUT2D eigenvalue weighted by Gasteiger charge is -2.22. The van der Waals surface area contributed by atoms with Crippen LogP contribution >= 0.6 is 22.9 Å². The van der Waals surface area contributed by atoms with E-state index in [1.807, 2.05) is 18.2 Å². The van der Waals surface area contributed by atoms with Crippen LogP contribution < -0.4 is 5.32 Å². The standard InChI is InChI=1S/C20H22ClN3OS/c1-3-24-8-4-5-13(24)11-22-20(25)17-10-15-18(26-17)14-9-12(2)6-7-16(14)23-19(15)21/h6-7,9-10,13H,3-5,8,11H2,1-2H3,(H,22,25). The van der Waals surface area contributed by atoms with E-state index in [4.69, 9.17) is 11.6 Å². The predicted molar refractivity (Wildman–Crippen MR) is 109 cm³/mol. The normalized spacial score (nSPS) is 18.0. The number of rotatable bonds is 4. The summed E-state index contributed by atoms with van der Waals surface area (Å²) in [7, 11) is 0. The van der Waals surface area contributed by atoms with Gasteiger partial charge in [0.1, 0.15) is 5.15 Å². The molecule has 1 aliphatic heterocycles. The van der Waals surface area contributed by atoms with Crippen LogP contribution in [0.3, 0.4) is 0 Å². The summed E-state index contributed by atoms with van der Waals surface area (Å²) in [5.74, 6) is -0.0222. The minimum atomic E-state index is -0.0222. The molecule has 0 radical (unpaired) electrons. The Labute approximate surface area is 162 Å². The molecule has 0 saturated carbocycles. The number of nitrogens with one attached hydrogen (secondary N) is 1.